The van der Waals surface area contributed by atoms with Crippen molar-refractivity contribution in [1.82, 2.24) is 15.4 Å². The molecule has 28 heavy (non-hydrogen) atoms. The number of nitrogens with one attached hydrogen (secondary N) is 1. The predicted molar refractivity (Wildman–Crippen MR) is 104 cm³/mol. The van der Waals surface area contributed by atoms with Crippen LogP contribution in [0.3, 0.4) is 0 Å². The van der Waals surface area contributed by atoms with Gasteiger partial charge in [-0.05, 0) is 18.1 Å². The van der Waals surface area contributed by atoms with E-state index in [1.807, 2.05) is 0 Å². The van der Waals surface area contributed by atoms with Crippen molar-refractivity contribution >= 4 is 5.91 Å². The highest BCUT2D eigenvalue weighted by Gasteiger charge is 2.28. The molecule has 1 N–H and O–H groups in total. The van der Waals surface area contributed by atoms with Crippen molar-refractivity contribution in [3.05, 3.63) is 41.8 Å². The van der Waals surface area contributed by atoms with E-state index in [4.69, 9.17) is 9.26 Å². The Morgan fingerprint density at radius 1 is 1.25 bits per heavy atom. The van der Waals surface area contributed by atoms with Gasteiger partial charge in [-0.25, -0.2) is 4.39 Å². The van der Waals surface area contributed by atoms with E-state index in [2.05, 4.69) is 29.2 Å². The lowest BCUT2D eigenvalue weighted by atomic mass is 9.92. The van der Waals surface area contributed by atoms with Crippen LogP contribution < -0.4 is 5.32 Å². The van der Waals surface area contributed by atoms with Crippen LogP contribution in [0.15, 0.2) is 34.9 Å². The largest absolute Gasteiger partial charge is 0.379 e. The highest BCUT2D eigenvalue weighted by atomic mass is 19.1. The molecule has 0 bridgehead atoms. The fourth-order valence-electron chi connectivity index (χ4n) is 3.79. The molecule has 3 rings (SSSR count). The van der Waals surface area contributed by atoms with Crippen molar-refractivity contribution in [2.24, 2.45) is 5.92 Å². The van der Waals surface area contributed by atoms with Crippen molar-refractivity contribution in [3.8, 4) is 11.3 Å². The van der Waals surface area contributed by atoms with Gasteiger partial charge in [0.2, 0.25) is 0 Å². The van der Waals surface area contributed by atoms with Crippen molar-refractivity contribution in [3.63, 3.8) is 0 Å². The van der Waals surface area contributed by atoms with E-state index < -0.39 is 5.82 Å². The number of hydrogen-bond donors (Lipinski definition) is 1. The molecule has 0 aliphatic carbocycles. The first-order valence-electron chi connectivity index (χ1n) is 9.95. The summed E-state index contributed by atoms with van der Waals surface area (Å²) >= 11 is 0. The van der Waals surface area contributed by atoms with Crippen LogP contribution in [-0.4, -0.2) is 54.9 Å². The molecule has 1 atom stereocenters. The second-order valence-electron chi connectivity index (χ2n) is 7.06. The smallest absolute Gasteiger partial charge is 0.273 e. The summed E-state index contributed by atoms with van der Waals surface area (Å²) in [5, 5.41) is 6.81. The number of aromatic nitrogens is 1. The van der Waals surface area contributed by atoms with Crippen LogP contribution >= 0.6 is 0 Å². The zero-order valence-electron chi connectivity index (χ0n) is 16.5. The molecule has 2 heterocycles. The maximum absolute atomic E-state index is 13.9. The fourth-order valence-corrected chi connectivity index (χ4v) is 3.79. The van der Waals surface area contributed by atoms with Gasteiger partial charge in [-0.2, -0.15) is 0 Å². The molecule has 152 valence electrons. The van der Waals surface area contributed by atoms with Crippen LogP contribution in [-0.2, 0) is 4.74 Å². The van der Waals surface area contributed by atoms with Gasteiger partial charge in [-0.3, -0.25) is 9.69 Å². The zero-order chi connectivity index (χ0) is 19.9. The number of ether oxygens (including phenoxy) is 1. The molecule has 0 spiro atoms. The van der Waals surface area contributed by atoms with Gasteiger partial charge in [0.15, 0.2) is 11.5 Å². The molecule has 0 saturated carbocycles. The first-order valence-corrected chi connectivity index (χ1v) is 9.95. The van der Waals surface area contributed by atoms with E-state index in [0.29, 0.717) is 12.5 Å². The number of carbonyl (C=O) groups is 1. The minimum atomic E-state index is -0.410. The van der Waals surface area contributed by atoms with E-state index in [1.165, 1.54) is 12.1 Å². The van der Waals surface area contributed by atoms with Crippen LogP contribution in [0.1, 0.15) is 37.2 Å². The summed E-state index contributed by atoms with van der Waals surface area (Å²) in [5.41, 5.74) is 0.445. The van der Waals surface area contributed by atoms with E-state index >= 15 is 0 Å². The molecule has 1 amide bonds. The summed E-state index contributed by atoms with van der Waals surface area (Å²) in [4.78, 5) is 15.0. The standard InChI is InChI=1S/C21H28FN3O3/c1-3-15(4-2)19(25-9-11-27-12-10-25)14-23-21(26)18-13-20(28-24-18)16-7-5-6-8-17(16)22/h5-8,13,15,19H,3-4,9-12,14H2,1-2H3,(H,23,26). The van der Waals surface area contributed by atoms with Crippen LogP contribution in [0, 0.1) is 11.7 Å². The summed E-state index contributed by atoms with van der Waals surface area (Å²) < 4.78 is 24.6. The molecule has 1 aromatic carbocycles. The second kappa shape index (κ2) is 9.80. The van der Waals surface area contributed by atoms with E-state index in [0.717, 1.165) is 39.1 Å². The minimum Gasteiger partial charge on any atom is -0.379 e. The topological polar surface area (TPSA) is 67.6 Å². The minimum absolute atomic E-state index is 0.156. The molecule has 1 aliphatic rings. The SMILES string of the molecule is CCC(CC)C(CNC(=O)c1cc(-c2ccccc2F)on1)N1CCOCC1. The quantitative estimate of drug-likeness (QED) is 0.750. The van der Waals surface area contributed by atoms with Gasteiger partial charge in [-0.1, -0.05) is 44.0 Å². The molecule has 7 heteroatoms. The molecule has 6 nitrogen and oxygen atoms in total. The lowest BCUT2D eigenvalue weighted by Crippen LogP contribution is -2.52. The number of rotatable bonds is 8. The van der Waals surface area contributed by atoms with Gasteiger partial charge >= 0.3 is 0 Å². The third-order valence-electron chi connectivity index (χ3n) is 5.46. The summed E-state index contributed by atoms with van der Waals surface area (Å²) in [5.74, 6) is 0.0138. The van der Waals surface area contributed by atoms with Gasteiger partial charge in [0.1, 0.15) is 5.82 Å². The highest BCUT2D eigenvalue weighted by molar-refractivity contribution is 5.93. The average molecular weight is 389 g/mol. The normalized spacial score (nSPS) is 16.3. The monoisotopic (exact) mass is 389 g/mol. The summed E-state index contributed by atoms with van der Waals surface area (Å²) in [7, 11) is 0. The molecule has 1 aliphatic heterocycles. The fraction of sp³-hybridized carbons (Fsp3) is 0.524. The Hall–Kier alpha value is -2.25. The Labute approximate surface area is 165 Å². The second-order valence-corrected chi connectivity index (χ2v) is 7.06. The Balaban J connectivity index is 1.66. The molecule has 1 fully saturated rings. The van der Waals surface area contributed by atoms with Crippen molar-refractivity contribution in [1.29, 1.82) is 0 Å². The number of benzene rings is 1. The molecule has 1 unspecified atom stereocenters. The maximum Gasteiger partial charge on any atom is 0.273 e. The van der Waals surface area contributed by atoms with Crippen molar-refractivity contribution in [2.75, 3.05) is 32.8 Å². The molecular formula is C21H28FN3O3. The number of nitrogens with zero attached hydrogens (tertiary/aromatic N) is 2. The molecule has 1 saturated heterocycles. The van der Waals surface area contributed by atoms with Crippen LogP contribution in [0.4, 0.5) is 4.39 Å². The lowest BCUT2D eigenvalue weighted by Gasteiger charge is -2.38. The van der Waals surface area contributed by atoms with Gasteiger partial charge in [0, 0.05) is 31.7 Å². The van der Waals surface area contributed by atoms with Gasteiger partial charge < -0.3 is 14.6 Å². The third kappa shape index (κ3) is 4.77. The van der Waals surface area contributed by atoms with Crippen LogP contribution in [0.2, 0.25) is 0 Å². The highest BCUT2D eigenvalue weighted by Crippen LogP contribution is 2.23. The van der Waals surface area contributed by atoms with Gasteiger partial charge in [0.25, 0.3) is 5.91 Å². The Bertz CT molecular complexity index is 770. The number of morpholine rings is 1. The zero-order valence-corrected chi connectivity index (χ0v) is 16.5. The first kappa shape index (κ1) is 20.5. The Morgan fingerprint density at radius 3 is 2.64 bits per heavy atom. The summed E-state index contributed by atoms with van der Waals surface area (Å²) in [6, 6.07) is 7.99. The van der Waals surface area contributed by atoms with Crippen molar-refractivity contribution < 1.29 is 18.4 Å². The summed E-state index contributed by atoms with van der Waals surface area (Å²) in [6.07, 6.45) is 2.10. The van der Waals surface area contributed by atoms with E-state index in [1.54, 1.807) is 18.2 Å². The maximum atomic E-state index is 13.9. The lowest BCUT2D eigenvalue weighted by molar-refractivity contribution is 0.00189. The third-order valence-corrected chi connectivity index (χ3v) is 5.46. The number of amides is 1. The van der Waals surface area contributed by atoms with Crippen molar-refractivity contribution in [2.45, 2.75) is 32.7 Å². The predicted octanol–water partition coefficient (Wildman–Crippen LogP) is 3.35. The Kier molecular flexibility index (Phi) is 7.17. The molecule has 0 radical (unpaired) electrons. The van der Waals surface area contributed by atoms with Crippen LogP contribution in [0.5, 0.6) is 0 Å². The molecular weight excluding hydrogens is 361 g/mol. The van der Waals surface area contributed by atoms with E-state index in [-0.39, 0.29) is 29.0 Å². The number of hydrogen-bond acceptors (Lipinski definition) is 5. The Morgan fingerprint density at radius 2 is 1.96 bits per heavy atom. The molecule has 1 aromatic heterocycles. The van der Waals surface area contributed by atoms with Gasteiger partial charge in [-0.15, -0.1) is 0 Å². The first-order chi connectivity index (χ1) is 13.6. The van der Waals surface area contributed by atoms with Gasteiger partial charge in [0.05, 0.1) is 18.8 Å². The van der Waals surface area contributed by atoms with Crippen LogP contribution in [0.25, 0.3) is 11.3 Å². The summed E-state index contributed by atoms with van der Waals surface area (Å²) in [6.45, 7) is 8.09. The molecule has 2 aromatic rings. The number of carbonyl (C=O) groups excluding carboxylic acids is 1. The number of halogens is 1. The van der Waals surface area contributed by atoms with E-state index in [9.17, 15) is 9.18 Å². The average Bonchev–Trinajstić information content (AvgIpc) is 3.22.